The molecule has 1 aromatic carbocycles. The quantitative estimate of drug-likeness (QED) is 0.616. The smallest absolute Gasteiger partial charge is 0.307 e. The minimum atomic E-state index is -0.631. The first-order valence-corrected chi connectivity index (χ1v) is 6.90. The molecule has 5 nitrogen and oxygen atoms in total. The van der Waals surface area contributed by atoms with Gasteiger partial charge in [0.05, 0.1) is 32.2 Å². The first-order chi connectivity index (χ1) is 9.94. The van der Waals surface area contributed by atoms with Gasteiger partial charge in [0.25, 0.3) is 0 Å². The van der Waals surface area contributed by atoms with Crippen molar-refractivity contribution in [3.8, 4) is 5.75 Å². The van der Waals surface area contributed by atoms with Crippen LogP contribution in [0.5, 0.6) is 5.75 Å². The summed E-state index contributed by atoms with van der Waals surface area (Å²) in [5.41, 5.74) is 1.53. The standard InChI is InChI=1S/C16H23NO4/c1-10(2)11-6-7-14(20-4)12(8-11)16(19)13(17-3)9-15(18)21-5/h6-8,10,13,17H,9H2,1-5H3. The second kappa shape index (κ2) is 7.78. The van der Waals surface area contributed by atoms with Gasteiger partial charge < -0.3 is 14.8 Å². The highest BCUT2D eigenvalue weighted by Gasteiger charge is 2.25. The van der Waals surface area contributed by atoms with E-state index in [-0.39, 0.29) is 12.2 Å². The van der Waals surface area contributed by atoms with E-state index >= 15 is 0 Å². The van der Waals surface area contributed by atoms with Crippen LogP contribution in [0.3, 0.4) is 0 Å². The van der Waals surface area contributed by atoms with Crippen LogP contribution >= 0.6 is 0 Å². The molecule has 0 saturated heterocycles. The lowest BCUT2D eigenvalue weighted by Crippen LogP contribution is -2.36. The van der Waals surface area contributed by atoms with Gasteiger partial charge in [0.1, 0.15) is 5.75 Å². The molecule has 116 valence electrons. The Kier molecular flexibility index (Phi) is 6.37. The number of esters is 1. The molecule has 1 unspecified atom stereocenters. The number of carbonyl (C=O) groups is 2. The normalized spacial score (nSPS) is 12.1. The van der Waals surface area contributed by atoms with E-state index in [0.717, 1.165) is 5.56 Å². The maximum atomic E-state index is 12.6. The molecule has 1 aromatic rings. The fraction of sp³-hybridized carbons (Fsp3) is 0.500. The van der Waals surface area contributed by atoms with Crippen molar-refractivity contribution in [2.75, 3.05) is 21.3 Å². The van der Waals surface area contributed by atoms with Gasteiger partial charge in [0.2, 0.25) is 0 Å². The van der Waals surface area contributed by atoms with Gasteiger partial charge in [-0.2, -0.15) is 0 Å². The number of carbonyl (C=O) groups excluding carboxylic acids is 2. The summed E-state index contributed by atoms with van der Waals surface area (Å²) in [5, 5.41) is 2.86. The Labute approximate surface area is 125 Å². The number of rotatable bonds is 7. The Bertz CT molecular complexity index is 511. The van der Waals surface area contributed by atoms with E-state index < -0.39 is 12.0 Å². The molecule has 0 bridgehead atoms. The Morgan fingerprint density at radius 3 is 2.38 bits per heavy atom. The van der Waals surface area contributed by atoms with Crippen molar-refractivity contribution in [1.29, 1.82) is 0 Å². The molecule has 0 spiro atoms. The van der Waals surface area contributed by atoms with Gasteiger partial charge in [0.15, 0.2) is 5.78 Å². The molecule has 0 heterocycles. The van der Waals surface area contributed by atoms with Crippen LogP contribution in [-0.2, 0) is 9.53 Å². The second-order valence-corrected chi connectivity index (χ2v) is 5.10. The number of hydrogen-bond donors (Lipinski definition) is 1. The summed E-state index contributed by atoms with van der Waals surface area (Å²) in [6.45, 7) is 4.11. The first-order valence-electron chi connectivity index (χ1n) is 6.90. The summed E-state index contributed by atoms with van der Waals surface area (Å²) in [4.78, 5) is 24.0. The lowest BCUT2D eigenvalue weighted by Gasteiger charge is -2.17. The predicted molar refractivity (Wildman–Crippen MR) is 80.9 cm³/mol. The van der Waals surface area contributed by atoms with Crippen molar-refractivity contribution >= 4 is 11.8 Å². The molecule has 1 rings (SSSR count). The maximum Gasteiger partial charge on any atom is 0.307 e. The summed E-state index contributed by atoms with van der Waals surface area (Å²) < 4.78 is 9.89. The fourth-order valence-electron chi connectivity index (χ4n) is 2.04. The summed E-state index contributed by atoms with van der Waals surface area (Å²) in [7, 11) is 4.47. The minimum absolute atomic E-state index is 0.0130. The van der Waals surface area contributed by atoms with Crippen molar-refractivity contribution in [1.82, 2.24) is 5.32 Å². The Morgan fingerprint density at radius 2 is 1.90 bits per heavy atom. The third-order valence-electron chi connectivity index (χ3n) is 3.42. The molecule has 0 amide bonds. The van der Waals surface area contributed by atoms with Gasteiger partial charge in [-0.3, -0.25) is 9.59 Å². The van der Waals surface area contributed by atoms with E-state index in [2.05, 4.69) is 23.9 Å². The average Bonchev–Trinajstić information content (AvgIpc) is 2.50. The number of methoxy groups -OCH3 is 2. The molecule has 0 saturated carbocycles. The molecule has 1 N–H and O–H groups in total. The van der Waals surface area contributed by atoms with Gasteiger partial charge in [-0.1, -0.05) is 19.9 Å². The molecule has 0 aromatic heterocycles. The Balaban J connectivity index is 3.13. The van der Waals surface area contributed by atoms with E-state index in [9.17, 15) is 9.59 Å². The van der Waals surface area contributed by atoms with Gasteiger partial charge in [-0.05, 0) is 30.7 Å². The highest BCUT2D eigenvalue weighted by molar-refractivity contribution is 6.04. The maximum absolute atomic E-state index is 12.6. The van der Waals surface area contributed by atoms with Gasteiger partial charge in [-0.15, -0.1) is 0 Å². The van der Waals surface area contributed by atoms with Crippen LogP contribution in [0, 0.1) is 0 Å². The molecule has 0 aliphatic heterocycles. The van der Waals surface area contributed by atoms with E-state index in [1.807, 2.05) is 12.1 Å². The fourth-order valence-corrected chi connectivity index (χ4v) is 2.04. The molecule has 1 atom stereocenters. The van der Waals surface area contributed by atoms with Crippen LogP contribution in [0.25, 0.3) is 0 Å². The zero-order valence-electron chi connectivity index (χ0n) is 13.2. The molecular formula is C16H23NO4. The van der Waals surface area contributed by atoms with Crippen molar-refractivity contribution in [2.24, 2.45) is 0 Å². The Hall–Kier alpha value is -1.88. The number of Topliss-reactive ketones (excluding diaryl/α,β-unsaturated/α-hetero) is 1. The van der Waals surface area contributed by atoms with Crippen LogP contribution in [0.1, 0.15) is 42.1 Å². The number of likely N-dealkylation sites (N-methyl/N-ethyl adjacent to an activating group) is 1. The van der Waals surface area contributed by atoms with Crippen LogP contribution in [0.2, 0.25) is 0 Å². The third-order valence-corrected chi connectivity index (χ3v) is 3.42. The first kappa shape index (κ1) is 17.2. The third kappa shape index (κ3) is 4.29. The van der Waals surface area contributed by atoms with Crippen molar-refractivity contribution in [3.63, 3.8) is 0 Å². The zero-order valence-corrected chi connectivity index (χ0v) is 13.2. The number of hydrogen-bond acceptors (Lipinski definition) is 5. The van der Waals surface area contributed by atoms with Gasteiger partial charge in [-0.25, -0.2) is 0 Å². The molecule has 21 heavy (non-hydrogen) atoms. The highest BCUT2D eigenvalue weighted by atomic mass is 16.5. The summed E-state index contributed by atoms with van der Waals surface area (Å²) in [6, 6.07) is 4.92. The van der Waals surface area contributed by atoms with E-state index in [1.54, 1.807) is 13.1 Å². The number of benzene rings is 1. The van der Waals surface area contributed by atoms with E-state index in [1.165, 1.54) is 14.2 Å². The van der Waals surface area contributed by atoms with E-state index in [0.29, 0.717) is 17.2 Å². The largest absolute Gasteiger partial charge is 0.496 e. The summed E-state index contributed by atoms with van der Waals surface area (Å²) in [6.07, 6.45) is -0.0130. The van der Waals surface area contributed by atoms with Crippen LogP contribution in [0.4, 0.5) is 0 Å². The Morgan fingerprint density at radius 1 is 1.24 bits per heavy atom. The van der Waals surface area contributed by atoms with Gasteiger partial charge >= 0.3 is 5.97 Å². The number of ether oxygens (including phenoxy) is 2. The topological polar surface area (TPSA) is 64.6 Å². The monoisotopic (exact) mass is 293 g/mol. The van der Waals surface area contributed by atoms with Crippen molar-refractivity contribution < 1.29 is 19.1 Å². The number of nitrogens with one attached hydrogen (secondary N) is 1. The van der Waals surface area contributed by atoms with Crippen LogP contribution in [-0.4, -0.2) is 39.1 Å². The van der Waals surface area contributed by atoms with Crippen molar-refractivity contribution in [3.05, 3.63) is 29.3 Å². The molecule has 0 radical (unpaired) electrons. The second-order valence-electron chi connectivity index (χ2n) is 5.10. The lowest BCUT2D eigenvalue weighted by atomic mass is 9.95. The van der Waals surface area contributed by atoms with Crippen LogP contribution < -0.4 is 10.1 Å². The van der Waals surface area contributed by atoms with E-state index in [4.69, 9.17) is 4.74 Å². The molecule has 0 fully saturated rings. The zero-order chi connectivity index (χ0) is 16.0. The molecule has 0 aliphatic rings. The summed E-state index contributed by atoms with van der Waals surface area (Å²) in [5.74, 6) is 0.203. The van der Waals surface area contributed by atoms with Crippen LogP contribution in [0.15, 0.2) is 18.2 Å². The molecule has 5 heteroatoms. The summed E-state index contributed by atoms with van der Waals surface area (Å²) >= 11 is 0. The SMILES string of the molecule is CNC(CC(=O)OC)C(=O)c1cc(C(C)C)ccc1OC. The average molecular weight is 293 g/mol. The number of ketones is 1. The predicted octanol–water partition coefficient (Wildman–Crippen LogP) is 2.15. The van der Waals surface area contributed by atoms with Crippen molar-refractivity contribution in [2.45, 2.75) is 32.2 Å². The van der Waals surface area contributed by atoms with Gasteiger partial charge in [0, 0.05) is 0 Å². The lowest BCUT2D eigenvalue weighted by molar-refractivity contribution is -0.140. The minimum Gasteiger partial charge on any atom is -0.496 e. The highest BCUT2D eigenvalue weighted by Crippen LogP contribution is 2.25. The molecular weight excluding hydrogens is 270 g/mol. The molecule has 0 aliphatic carbocycles.